The van der Waals surface area contributed by atoms with Gasteiger partial charge in [-0.25, -0.2) is 8.78 Å². The number of carbonyl (C=O) groups excluding carboxylic acids is 3. The molecule has 1 aliphatic heterocycles. The number of nitrogens with one attached hydrogen (secondary N) is 1. The molecule has 1 saturated heterocycles. The van der Waals surface area contributed by atoms with Crippen LogP contribution in [0.3, 0.4) is 0 Å². The maximum atomic E-state index is 12.5. The zero-order chi connectivity index (χ0) is 19.3. The topological polar surface area (TPSA) is 105 Å². The number of nitrogens with zero attached hydrogens (tertiary/aromatic N) is 2. The molecule has 0 bridgehead atoms. The molecule has 0 aliphatic carbocycles. The fourth-order valence-corrected chi connectivity index (χ4v) is 2.60. The second kappa shape index (κ2) is 8.68. The minimum absolute atomic E-state index is 0.00918. The Bertz CT molecular complexity index is 669. The van der Waals surface area contributed by atoms with Crippen LogP contribution in [0, 0.1) is 0 Å². The van der Waals surface area contributed by atoms with Crippen molar-refractivity contribution in [2.24, 2.45) is 5.73 Å². The molecule has 3 amide bonds. The summed E-state index contributed by atoms with van der Waals surface area (Å²) in [6.07, 6.45) is -2.71. The van der Waals surface area contributed by atoms with Crippen LogP contribution in [0.25, 0.3) is 0 Å². The van der Waals surface area contributed by atoms with Gasteiger partial charge in [0.2, 0.25) is 5.91 Å². The van der Waals surface area contributed by atoms with Crippen LogP contribution in [-0.4, -0.2) is 68.4 Å². The second-order valence-electron chi connectivity index (χ2n) is 5.77. The van der Waals surface area contributed by atoms with E-state index in [2.05, 4.69) is 5.32 Å². The number of hydrogen-bond acceptors (Lipinski definition) is 5. The van der Waals surface area contributed by atoms with Gasteiger partial charge in [-0.3, -0.25) is 19.3 Å². The van der Waals surface area contributed by atoms with Crippen molar-refractivity contribution in [3.8, 4) is 0 Å². The number of alkyl halides is 2. The molecule has 1 heterocycles. The highest BCUT2D eigenvalue weighted by Gasteiger charge is 2.30. The van der Waals surface area contributed by atoms with E-state index in [0.717, 1.165) is 4.90 Å². The zero-order valence-electron chi connectivity index (χ0n) is 14.2. The number of benzene rings is 1. The Morgan fingerprint density at radius 2 is 2.00 bits per heavy atom. The van der Waals surface area contributed by atoms with E-state index < -0.39 is 30.8 Å². The molecule has 0 spiro atoms. The number of amides is 3. The summed E-state index contributed by atoms with van der Waals surface area (Å²) in [5, 5.41) is 2.46. The van der Waals surface area contributed by atoms with Crippen molar-refractivity contribution in [3.05, 3.63) is 24.3 Å². The largest absolute Gasteiger partial charge is 0.370 e. The third kappa shape index (κ3) is 4.96. The number of primary amides is 1. The summed E-state index contributed by atoms with van der Waals surface area (Å²) in [4.78, 5) is 37.9. The van der Waals surface area contributed by atoms with Gasteiger partial charge in [0.25, 0.3) is 18.2 Å². The molecule has 1 aliphatic rings. The van der Waals surface area contributed by atoms with Crippen LogP contribution in [0.4, 0.5) is 20.2 Å². The van der Waals surface area contributed by atoms with E-state index in [1.54, 1.807) is 29.2 Å². The Morgan fingerprint density at radius 1 is 1.35 bits per heavy atom. The third-order valence-corrected chi connectivity index (χ3v) is 3.82. The van der Waals surface area contributed by atoms with Crippen molar-refractivity contribution < 1.29 is 27.9 Å². The van der Waals surface area contributed by atoms with Crippen molar-refractivity contribution in [1.82, 2.24) is 4.90 Å². The Kier molecular flexibility index (Phi) is 6.58. The second-order valence-corrected chi connectivity index (χ2v) is 5.77. The van der Waals surface area contributed by atoms with Gasteiger partial charge >= 0.3 is 0 Å². The minimum Gasteiger partial charge on any atom is -0.370 e. The van der Waals surface area contributed by atoms with Gasteiger partial charge in [0.05, 0.1) is 13.2 Å². The molecule has 0 unspecified atom stereocenters. The third-order valence-electron chi connectivity index (χ3n) is 3.82. The molecule has 1 fully saturated rings. The molecule has 0 radical (unpaired) electrons. The number of anilines is 2. The highest BCUT2D eigenvalue weighted by atomic mass is 19.3. The highest BCUT2D eigenvalue weighted by molar-refractivity contribution is 6.09. The lowest BCUT2D eigenvalue weighted by molar-refractivity contribution is -0.132. The maximum Gasteiger partial charge on any atom is 0.253 e. The highest BCUT2D eigenvalue weighted by Crippen LogP contribution is 2.20. The minimum atomic E-state index is -2.71. The predicted octanol–water partition coefficient (Wildman–Crippen LogP) is 0.0391. The average Bonchev–Trinajstić information content (AvgIpc) is 2.55. The fraction of sp³-hybridized carbons (Fsp3) is 0.438. The number of ether oxygens (including phenoxy) is 1. The first-order chi connectivity index (χ1) is 12.3. The summed E-state index contributed by atoms with van der Waals surface area (Å²) < 4.78 is 30.0. The van der Waals surface area contributed by atoms with Crippen molar-refractivity contribution in [1.29, 1.82) is 0 Å². The lowest BCUT2D eigenvalue weighted by Gasteiger charge is -2.27. The van der Waals surface area contributed by atoms with E-state index in [4.69, 9.17) is 10.5 Å². The Labute approximate surface area is 148 Å². The van der Waals surface area contributed by atoms with Crippen LogP contribution in [-0.2, 0) is 19.1 Å². The van der Waals surface area contributed by atoms with E-state index in [9.17, 15) is 23.2 Å². The van der Waals surface area contributed by atoms with Gasteiger partial charge in [0, 0.05) is 17.9 Å². The molecule has 8 nitrogen and oxygen atoms in total. The number of nitrogens with two attached hydrogens (primary N) is 1. The number of morpholine rings is 1. The van der Waals surface area contributed by atoms with Crippen molar-refractivity contribution in [2.75, 3.05) is 43.6 Å². The van der Waals surface area contributed by atoms with Crippen LogP contribution in [0.5, 0.6) is 0 Å². The molecule has 1 aromatic rings. The smallest absolute Gasteiger partial charge is 0.253 e. The van der Waals surface area contributed by atoms with Crippen molar-refractivity contribution in [2.45, 2.75) is 12.5 Å². The lowest BCUT2D eigenvalue weighted by Crippen LogP contribution is -2.51. The van der Waals surface area contributed by atoms with Crippen LogP contribution in [0.2, 0.25) is 0 Å². The van der Waals surface area contributed by atoms with Gasteiger partial charge in [0.1, 0.15) is 6.61 Å². The SMILES string of the molecule is CN(CC(F)F)[C@@H](C(N)=O)C(=O)Nc1ccc(N2CCOCC2=O)cc1. The summed E-state index contributed by atoms with van der Waals surface area (Å²) in [7, 11) is 1.22. The molecule has 142 valence electrons. The number of hydrogen-bond donors (Lipinski definition) is 2. The number of rotatable bonds is 7. The standard InChI is InChI=1S/C16H20F2N4O4/c1-21(8-12(17)18)14(15(19)24)16(25)20-10-2-4-11(5-3-10)22-6-7-26-9-13(22)23/h2-5,12,14H,6-9H2,1H3,(H2,19,24)(H,20,25)/t14-/m0/s1. The molecular formula is C16H20F2N4O4. The summed E-state index contributed by atoms with van der Waals surface area (Å²) >= 11 is 0. The lowest BCUT2D eigenvalue weighted by atomic mass is 10.2. The van der Waals surface area contributed by atoms with Gasteiger partial charge in [-0.15, -0.1) is 0 Å². The van der Waals surface area contributed by atoms with Gasteiger partial charge in [-0.05, 0) is 31.3 Å². The molecule has 3 N–H and O–H groups in total. The van der Waals surface area contributed by atoms with Crippen molar-refractivity contribution in [3.63, 3.8) is 0 Å². The van der Waals surface area contributed by atoms with Crippen LogP contribution in [0.15, 0.2) is 24.3 Å². The summed E-state index contributed by atoms with van der Waals surface area (Å²) in [6, 6.07) is 4.81. The molecule has 2 rings (SSSR count). The van der Waals surface area contributed by atoms with Gasteiger partial charge in [-0.1, -0.05) is 0 Å². The Hall–Kier alpha value is -2.59. The monoisotopic (exact) mass is 370 g/mol. The maximum absolute atomic E-state index is 12.5. The Morgan fingerprint density at radius 3 is 2.54 bits per heavy atom. The summed E-state index contributed by atoms with van der Waals surface area (Å²) in [5.74, 6) is -2.01. The van der Waals surface area contributed by atoms with Crippen LogP contribution in [0.1, 0.15) is 0 Å². The molecule has 10 heteroatoms. The van der Waals surface area contributed by atoms with E-state index in [0.29, 0.717) is 24.5 Å². The Balaban J connectivity index is 2.05. The van der Waals surface area contributed by atoms with E-state index in [1.165, 1.54) is 7.05 Å². The van der Waals surface area contributed by atoms with Gasteiger partial charge in [-0.2, -0.15) is 0 Å². The number of carbonyl (C=O) groups is 3. The van der Waals surface area contributed by atoms with Crippen molar-refractivity contribution >= 4 is 29.1 Å². The molecular weight excluding hydrogens is 350 g/mol. The first kappa shape index (κ1) is 19.7. The first-order valence-electron chi connectivity index (χ1n) is 7.86. The fourth-order valence-electron chi connectivity index (χ4n) is 2.60. The molecule has 26 heavy (non-hydrogen) atoms. The first-order valence-corrected chi connectivity index (χ1v) is 7.86. The number of halogens is 2. The average molecular weight is 370 g/mol. The predicted molar refractivity (Wildman–Crippen MR) is 89.9 cm³/mol. The quantitative estimate of drug-likeness (QED) is 0.660. The summed E-state index contributed by atoms with van der Waals surface area (Å²) in [5.41, 5.74) is 6.14. The van der Waals surface area contributed by atoms with E-state index >= 15 is 0 Å². The summed E-state index contributed by atoms with van der Waals surface area (Å²) in [6.45, 7) is 0.0993. The number of likely N-dealkylation sites (N-methyl/N-ethyl adjacent to an activating group) is 1. The molecule has 0 saturated carbocycles. The molecule has 1 atom stereocenters. The normalized spacial score (nSPS) is 16.0. The van der Waals surface area contributed by atoms with Crippen LogP contribution < -0.4 is 16.0 Å². The van der Waals surface area contributed by atoms with Crippen LogP contribution >= 0.6 is 0 Å². The zero-order valence-corrected chi connectivity index (χ0v) is 14.2. The van der Waals surface area contributed by atoms with Gasteiger partial charge < -0.3 is 20.7 Å². The molecule has 0 aromatic heterocycles. The molecule has 1 aromatic carbocycles. The van der Waals surface area contributed by atoms with Gasteiger partial charge in [0.15, 0.2) is 6.04 Å². The van der Waals surface area contributed by atoms with E-state index in [1.807, 2.05) is 0 Å². The van der Waals surface area contributed by atoms with E-state index in [-0.39, 0.29) is 12.5 Å².